The second-order valence-corrected chi connectivity index (χ2v) is 9.39. The normalized spacial score (nSPS) is 12.0. The zero-order valence-electron chi connectivity index (χ0n) is 16.8. The number of thiazole rings is 1. The van der Waals surface area contributed by atoms with Crippen LogP contribution in [0.5, 0.6) is 0 Å². The fourth-order valence-electron chi connectivity index (χ4n) is 3.83. The highest BCUT2D eigenvalue weighted by Gasteiger charge is 2.20. The first-order valence-corrected chi connectivity index (χ1v) is 10.7. The zero-order chi connectivity index (χ0) is 20.0. The first kappa shape index (κ1) is 18.0. The van der Waals surface area contributed by atoms with Gasteiger partial charge in [0.1, 0.15) is 5.01 Å². The van der Waals surface area contributed by atoms with Crippen LogP contribution in [0.25, 0.3) is 42.8 Å². The standard InChI is InChI=1S/C26H22N2S/c1-26(2,3)21-16-19(15-18-11-7-8-12-20(18)21)23-24-22(13-14-27-23)28-25(29-24)17-9-5-4-6-10-17/h4-16H,1-3H3. The van der Waals surface area contributed by atoms with E-state index < -0.39 is 0 Å². The number of pyridine rings is 1. The molecular weight excluding hydrogens is 372 g/mol. The van der Waals surface area contributed by atoms with Crippen LogP contribution in [-0.2, 0) is 5.41 Å². The van der Waals surface area contributed by atoms with Crippen molar-refractivity contribution in [3.8, 4) is 21.8 Å². The molecule has 5 rings (SSSR count). The van der Waals surface area contributed by atoms with Gasteiger partial charge < -0.3 is 0 Å². The third-order valence-corrected chi connectivity index (χ3v) is 6.40. The van der Waals surface area contributed by atoms with Crippen LogP contribution in [0.1, 0.15) is 26.3 Å². The number of hydrogen-bond donors (Lipinski definition) is 0. The van der Waals surface area contributed by atoms with E-state index in [9.17, 15) is 0 Å². The minimum absolute atomic E-state index is 0.0480. The quantitative estimate of drug-likeness (QED) is 0.310. The Balaban J connectivity index is 1.76. The maximum absolute atomic E-state index is 4.88. The van der Waals surface area contributed by atoms with Crippen LogP contribution in [0, 0.1) is 0 Å². The summed E-state index contributed by atoms with van der Waals surface area (Å²) in [6, 6.07) is 25.6. The lowest BCUT2D eigenvalue weighted by Gasteiger charge is -2.22. The molecule has 0 saturated carbocycles. The van der Waals surface area contributed by atoms with Gasteiger partial charge in [-0.1, -0.05) is 75.4 Å². The van der Waals surface area contributed by atoms with E-state index in [-0.39, 0.29) is 5.41 Å². The van der Waals surface area contributed by atoms with E-state index in [1.54, 1.807) is 11.3 Å². The maximum Gasteiger partial charge on any atom is 0.124 e. The highest BCUT2D eigenvalue weighted by Crippen LogP contribution is 2.39. The van der Waals surface area contributed by atoms with E-state index in [0.717, 1.165) is 32.0 Å². The van der Waals surface area contributed by atoms with Crippen molar-refractivity contribution >= 4 is 32.3 Å². The van der Waals surface area contributed by atoms with Gasteiger partial charge in [-0.15, -0.1) is 11.3 Å². The predicted molar refractivity (Wildman–Crippen MR) is 124 cm³/mol. The van der Waals surface area contributed by atoms with Crippen LogP contribution in [0.3, 0.4) is 0 Å². The van der Waals surface area contributed by atoms with Gasteiger partial charge in [0.2, 0.25) is 0 Å². The maximum atomic E-state index is 4.88. The molecule has 0 amide bonds. The Labute approximate surface area is 174 Å². The highest BCUT2D eigenvalue weighted by atomic mass is 32.1. The summed E-state index contributed by atoms with van der Waals surface area (Å²) in [7, 11) is 0. The van der Waals surface area contributed by atoms with Crippen molar-refractivity contribution in [3.63, 3.8) is 0 Å². The van der Waals surface area contributed by atoms with Gasteiger partial charge >= 0.3 is 0 Å². The molecule has 0 fully saturated rings. The lowest BCUT2D eigenvalue weighted by Crippen LogP contribution is -2.12. The third-order valence-electron chi connectivity index (χ3n) is 5.27. The van der Waals surface area contributed by atoms with Gasteiger partial charge in [0.25, 0.3) is 0 Å². The van der Waals surface area contributed by atoms with Gasteiger partial charge in [-0.25, -0.2) is 4.98 Å². The van der Waals surface area contributed by atoms with E-state index in [4.69, 9.17) is 9.97 Å². The molecule has 142 valence electrons. The van der Waals surface area contributed by atoms with Gasteiger partial charge in [-0.2, -0.15) is 0 Å². The topological polar surface area (TPSA) is 25.8 Å². The number of aromatic nitrogens is 2. The molecule has 0 atom stereocenters. The van der Waals surface area contributed by atoms with Crippen molar-refractivity contribution in [2.45, 2.75) is 26.2 Å². The monoisotopic (exact) mass is 394 g/mol. The van der Waals surface area contributed by atoms with Crippen LogP contribution in [-0.4, -0.2) is 9.97 Å². The molecule has 2 nitrogen and oxygen atoms in total. The summed E-state index contributed by atoms with van der Waals surface area (Å²) >= 11 is 1.72. The molecule has 2 heterocycles. The SMILES string of the molecule is CC(C)(C)c1cc(-c2nccc3nc(-c4ccccc4)sc23)cc2ccccc12. The summed E-state index contributed by atoms with van der Waals surface area (Å²) < 4.78 is 1.14. The Hall–Kier alpha value is -3.04. The van der Waals surface area contributed by atoms with Gasteiger partial charge in [-0.3, -0.25) is 4.98 Å². The Morgan fingerprint density at radius 3 is 2.34 bits per heavy atom. The summed E-state index contributed by atoms with van der Waals surface area (Å²) in [5.74, 6) is 0. The molecule has 3 aromatic carbocycles. The molecule has 5 aromatic rings. The molecule has 2 aromatic heterocycles. The number of fused-ring (bicyclic) bond motifs is 2. The largest absolute Gasteiger partial charge is 0.255 e. The summed E-state index contributed by atoms with van der Waals surface area (Å²) in [4.78, 5) is 9.67. The second kappa shape index (κ2) is 6.78. The molecule has 0 N–H and O–H groups in total. The average molecular weight is 395 g/mol. The Morgan fingerprint density at radius 1 is 0.793 bits per heavy atom. The smallest absolute Gasteiger partial charge is 0.124 e. The van der Waals surface area contributed by atoms with Crippen molar-refractivity contribution < 1.29 is 0 Å². The summed E-state index contributed by atoms with van der Waals surface area (Å²) in [6.45, 7) is 6.81. The zero-order valence-corrected chi connectivity index (χ0v) is 17.6. The summed E-state index contributed by atoms with van der Waals surface area (Å²) in [5, 5.41) is 3.60. The van der Waals surface area contributed by atoms with Gasteiger partial charge in [0.15, 0.2) is 0 Å². The molecule has 0 unspecified atom stereocenters. The first-order valence-electron chi connectivity index (χ1n) is 9.85. The highest BCUT2D eigenvalue weighted by molar-refractivity contribution is 7.22. The van der Waals surface area contributed by atoms with E-state index in [2.05, 4.69) is 81.4 Å². The molecule has 0 aliphatic carbocycles. The van der Waals surface area contributed by atoms with E-state index >= 15 is 0 Å². The van der Waals surface area contributed by atoms with E-state index in [0.29, 0.717) is 0 Å². The molecule has 29 heavy (non-hydrogen) atoms. The molecule has 3 heteroatoms. The van der Waals surface area contributed by atoms with Gasteiger partial charge in [0, 0.05) is 17.3 Å². The van der Waals surface area contributed by atoms with Crippen molar-refractivity contribution in [1.29, 1.82) is 0 Å². The van der Waals surface area contributed by atoms with Crippen LogP contribution in [0.4, 0.5) is 0 Å². The third kappa shape index (κ3) is 3.22. The average Bonchev–Trinajstić information content (AvgIpc) is 3.17. The fourth-order valence-corrected chi connectivity index (χ4v) is 4.91. The minimum atomic E-state index is 0.0480. The second-order valence-electron chi connectivity index (χ2n) is 8.39. The van der Waals surface area contributed by atoms with Crippen LogP contribution in [0.2, 0.25) is 0 Å². The predicted octanol–water partition coefficient (Wildman–Crippen LogP) is 7.48. The van der Waals surface area contributed by atoms with Crippen LogP contribution in [0.15, 0.2) is 79.0 Å². The molecule has 0 aliphatic heterocycles. The van der Waals surface area contributed by atoms with Crippen LogP contribution >= 0.6 is 11.3 Å². The van der Waals surface area contributed by atoms with E-state index in [1.807, 2.05) is 18.3 Å². The Kier molecular flexibility index (Phi) is 4.21. The molecule has 0 aliphatic rings. The molecular formula is C26H22N2S. The minimum Gasteiger partial charge on any atom is -0.255 e. The van der Waals surface area contributed by atoms with Crippen LogP contribution < -0.4 is 0 Å². The summed E-state index contributed by atoms with van der Waals surface area (Å²) in [5.41, 5.74) is 5.71. The number of nitrogens with zero attached hydrogens (tertiary/aromatic N) is 2. The first-order chi connectivity index (χ1) is 14.0. The van der Waals surface area contributed by atoms with Crippen molar-refractivity contribution in [1.82, 2.24) is 9.97 Å². The van der Waals surface area contributed by atoms with E-state index in [1.165, 1.54) is 16.3 Å². The Bertz CT molecular complexity index is 1330. The van der Waals surface area contributed by atoms with Crippen molar-refractivity contribution in [2.75, 3.05) is 0 Å². The molecule has 0 bridgehead atoms. The lowest BCUT2D eigenvalue weighted by molar-refractivity contribution is 0.596. The van der Waals surface area contributed by atoms with Crippen molar-refractivity contribution in [3.05, 3.63) is 84.6 Å². The Morgan fingerprint density at radius 2 is 1.55 bits per heavy atom. The number of hydrogen-bond acceptors (Lipinski definition) is 3. The van der Waals surface area contributed by atoms with Gasteiger partial charge in [0.05, 0.1) is 15.9 Å². The number of rotatable bonds is 2. The lowest BCUT2D eigenvalue weighted by atomic mass is 9.82. The fraction of sp³-hybridized carbons (Fsp3) is 0.154. The van der Waals surface area contributed by atoms with Crippen molar-refractivity contribution in [2.24, 2.45) is 0 Å². The van der Waals surface area contributed by atoms with Gasteiger partial charge in [-0.05, 0) is 39.9 Å². The molecule has 0 saturated heterocycles. The molecule has 0 spiro atoms. The molecule has 0 radical (unpaired) electrons. The number of benzene rings is 3. The summed E-state index contributed by atoms with van der Waals surface area (Å²) in [6.07, 6.45) is 1.87.